The molecule has 180 valence electrons. The molecule has 1 saturated heterocycles. The third kappa shape index (κ3) is 4.68. The monoisotopic (exact) mass is 534 g/mol. The van der Waals surface area contributed by atoms with Crippen molar-refractivity contribution >= 4 is 44.8 Å². The van der Waals surface area contributed by atoms with Crippen LogP contribution in [0.3, 0.4) is 0 Å². The molecule has 3 aromatic carbocycles. The number of amides is 1. The number of anilines is 2. The Morgan fingerprint density at radius 2 is 1.54 bits per heavy atom. The lowest BCUT2D eigenvalue weighted by Gasteiger charge is -2.27. The third-order valence-electron chi connectivity index (χ3n) is 6.25. The molecule has 0 radical (unpaired) electrons. The second kappa shape index (κ2) is 10.4. The lowest BCUT2D eigenvalue weighted by molar-refractivity contribution is -0.132. The number of hydrogen-bond donors (Lipinski definition) is 1. The van der Waals surface area contributed by atoms with Crippen molar-refractivity contribution in [2.24, 2.45) is 0 Å². The van der Waals surface area contributed by atoms with Crippen molar-refractivity contribution in [3.05, 3.63) is 94.0 Å². The summed E-state index contributed by atoms with van der Waals surface area (Å²) < 4.78 is 6.12. The van der Waals surface area contributed by atoms with Gasteiger partial charge in [0.25, 0.3) is 11.7 Å². The molecule has 7 heteroatoms. The summed E-state index contributed by atoms with van der Waals surface area (Å²) in [5, 5.41) is 11.2. The standard InChI is InChI=1S/C28H27BrN2O4/c1-4-30(5-2)21-12-14-22(15-13-21)31-25(18-8-16-23(35-3)17-9-18)24(27(33)28(31)34)26(32)19-6-10-20(29)11-7-19/h6-17,25,32H,4-5H2,1-3H3/b26-24+. The predicted molar refractivity (Wildman–Crippen MR) is 142 cm³/mol. The summed E-state index contributed by atoms with van der Waals surface area (Å²) in [6, 6.07) is 20.9. The van der Waals surface area contributed by atoms with Crippen LogP contribution in [0, 0.1) is 0 Å². The van der Waals surface area contributed by atoms with Crippen LogP contribution >= 0.6 is 15.9 Å². The zero-order chi connectivity index (χ0) is 25.1. The minimum atomic E-state index is -0.788. The van der Waals surface area contributed by atoms with Gasteiger partial charge in [0.15, 0.2) is 0 Å². The van der Waals surface area contributed by atoms with E-state index in [1.54, 1.807) is 43.5 Å². The molecule has 0 saturated carbocycles. The fourth-order valence-electron chi connectivity index (χ4n) is 4.38. The van der Waals surface area contributed by atoms with Crippen molar-refractivity contribution < 1.29 is 19.4 Å². The van der Waals surface area contributed by atoms with E-state index in [4.69, 9.17) is 4.74 Å². The summed E-state index contributed by atoms with van der Waals surface area (Å²) in [4.78, 5) is 30.3. The van der Waals surface area contributed by atoms with E-state index in [0.29, 0.717) is 22.6 Å². The molecule has 35 heavy (non-hydrogen) atoms. The van der Waals surface area contributed by atoms with Crippen molar-refractivity contribution in [1.29, 1.82) is 0 Å². The molecule has 0 aromatic heterocycles. The van der Waals surface area contributed by atoms with E-state index in [0.717, 1.165) is 23.2 Å². The van der Waals surface area contributed by atoms with Crippen molar-refractivity contribution in [3.63, 3.8) is 0 Å². The Morgan fingerprint density at radius 3 is 2.09 bits per heavy atom. The number of halogens is 1. The molecule has 1 N–H and O–H groups in total. The maximum atomic E-state index is 13.3. The number of carbonyl (C=O) groups is 2. The van der Waals surface area contributed by atoms with E-state index in [2.05, 4.69) is 34.7 Å². The molecule has 0 aliphatic carbocycles. The normalized spacial score (nSPS) is 17.0. The predicted octanol–water partition coefficient (Wildman–Crippen LogP) is 5.93. The van der Waals surface area contributed by atoms with Gasteiger partial charge in [0, 0.05) is 34.5 Å². The Morgan fingerprint density at radius 1 is 0.943 bits per heavy atom. The lowest BCUT2D eigenvalue weighted by atomic mass is 9.95. The average molecular weight is 535 g/mol. The summed E-state index contributed by atoms with van der Waals surface area (Å²) in [6.07, 6.45) is 0. The minimum Gasteiger partial charge on any atom is -0.507 e. The smallest absolute Gasteiger partial charge is 0.300 e. The first-order chi connectivity index (χ1) is 16.9. The molecule has 1 fully saturated rings. The van der Waals surface area contributed by atoms with Gasteiger partial charge in [0.05, 0.1) is 18.7 Å². The van der Waals surface area contributed by atoms with Gasteiger partial charge in [-0.1, -0.05) is 40.2 Å². The highest BCUT2D eigenvalue weighted by Gasteiger charge is 2.47. The first-order valence-corrected chi connectivity index (χ1v) is 12.2. The summed E-state index contributed by atoms with van der Waals surface area (Å²) in [6.45, 7) is 5.89. The van der Waals surface area contributed by atoms with Crippen molar-refractivity contribution in [1.82, 2.24) is 0 Å². The van der Waals surface area contributed by atoms with Crippen LogP contribution in [0.2, 0.25) is 0 Å². The zero-order valence-electron chi connectivity index (χ0n) is 19.9. The molecule has 0 spiro atoms. The van der Waals surface area contributed by atoms with E-state index in [-0.39, 0.29) is 11.3 Å². The number of ketones is 1. The summed E-state index contributed by atoms with van der Waals surface area (Å²) >= 11 is 3.39. The van der Waals surface area contributed by atoms with Crippen LogP contribution in [0.5, 0.6) is 5.75 Å². The molecule has 6 nitrogen and oxygen atoms in total. The van der Waals surface area contributed by atoms with E-state index in [1.165, 1.54) is 4.90 Å². The van der Waals surface area contributed by atoms with Crippen molar-refractivity contribution in [3.8, 4) is 5.75 Å². The Balaban J connectivity index is 1.86. The average Bonchev–Trinajstić information content (AvgIpc) is 3.15. The molecule has 4 rings (SSSR count). The zero-order valence-corrected chi connectivity index (χ0v) is 21.5. The lowest BCUT2D eigenvalue weighted by Crippen LogP contribution is -2.29. The van der Waals surface area contributed by atoms with Gasteiger partial charge in [0.1, 0.15) is 11.5 Å². The van der Waals surface area contributed by atoms with Gasteiger partial charge >= 0.3 is 0 Å². The van der Waals surface area contributed by atoms with Crippen LogP contribution < -0.4 is 14.5 Å². The summed E-state index contributed by atoms with van der Waals surface area (Å²) in [7, 11) is 1.58. The van der Waals surface area contributed by atoms with Gasteiger partial charge in [-0.3, -0.25) is 14.5 Å². The van der Waals surface area contributed by atoms with E-state index >= 15 is 0 Å². The summed E-state index contributed by atoms with van der Waals surface area (Å²) in [5.41, 5.74) is 2.82. The van der Waals surface area contributed by atoms with E-state index in [9.17, 15) is 14.7 Å². The number of carbonyl (C=O) groups excluding carboxylic acids is 2. The fourth-order valence-corrected chi connectivity index (χ4v) is 4.64. The number of hydrogen-bond acceptors (Lipinski definition) is 5. The fraction of sp³-hybridized carbons (Fsp3) is 0.214. The number of nitrogens with zero attached hydrogens (tertiary/aromatic N) is 2. The van der Waals surface area contributed by atoms with Crippen LogP contribution in [0.4, 0.5) is 11.4 Å². The topological polar surface area (TPSA) is 70.1 Å². The molecule has 1 aliphatic heterocycles. The van der Waals surface area contributed by atoms with E-state index in [1.807, 2.05) is 36.4 Å². The van der Waals surface area contributed by atoms with Crippen LogP contribution in [0.1, 0.15) is 31.0 Å². The molecule has 3 aromatic rings. The number of rotatable bonds is 7. The highest BCUT2D eigenvalue weighted by Crippen LogP contribution is 2.42. The molecule has 1 aliphatic rings. The Kier molecular flexibility index (Phi) is 7.26. The van der Waals surface area contributed by atoms with Crippen LogP contribution in [-0.2, 0) is 9.59 Å². The van der Waals surface area contributed by atoms with Gasteiger partial charge in [-0.25, -0.2) is 0 Å². The molecule has 1 heterocycles. The minimum absolute atomic E-state index is 0.0512. The maximum Gasteiger partial charge on any atom is 0.300 e. The highest BCUT2D eigenvalue weighted by atomic mass is 79.9. The molecular weight excluding hydrogens is 508 g/mol. The number of ether oxygens (including phenoxy) is 1. The quantitative estimate of drug-likeness (QED) is 0.231. The third-order valence-corrected chi connectivity index (χ3v) is 6.78. The van der Waals surface area contributed by atoms with Gasteiger partial charge in [0.2, 0.25) is 0 Å². The highest BCUT2D eigenvalue weighted by molar-refractivity contribution is 9.10. The number of aliphatic hydroxyl groups excluding tert-OH is 1. The van der Waals surface area contributed by atoms with Crippen LogP contribution in [-0.4, -0.2) is 37.0 Å². The van der Waals surface area contributed by atoms with Crippen molar-refractivity contribution in [2.45, 2.75) is 19.9 Å². The molecule has 1 unspecified atom stereocenters. The number of Topliss-reactive ketones (excluding diaryl/α,β-unsaturated/α-hetero) is 1. The SMILES string of the molecule is CCN(CC)c1ccc(N2C(=O)C(=O)/C(=C(/O)c3ccc(Br)cc3)C2c2ccc(OC)cc2)cc1. The van der Waals surface area contributed by atoms with Gasteiger partial charge in [-0.05, 0) is 67.9 Å². The Labute approximate surface area is 213 Å². The molecule has 1 amide bonds. The van der Waals surface area contributed by atoms with Crippen LogP contribution in [0.25, 0.3) is 5.76 Å². The first-order valence-electron chi connectivity index (χ1n) is 11.5. The Hall–Kier alpha value is -3.58. The van der Waals surface area contributed by atoms with Gasteiger partial charge in [-0.15, -0.1) is 0 Å². The molecule has 0 bridgehead atoms. The van der Waals surface area contributed by atoms with Crippen LogP contribution in [0.15, 0.2) is 82.8 Å². The second-order valence-corrected chi connectivity index (χ2v) is 9.05. The number of benzene rings is 3. The van der Waals surface area contributed by atoms with Crippen molar-refractivity contribution in [2.75, 3.05) is 30.0 Å². The maximum absolute atomic E-state index is 13.3. The molecular formula is C28H27BrN2O4. The second-order valence-electron chi connectivity index (χ2n) is 8.14. The van der Waals surface area contributed by atoms with Gasteiger partial charge < -0.3 is 14.7 Å². The first kappa shape index (κ1) is 24.5. The van der Waals surface area contributed by atoms with Gasteiger partial charge in [-0.2, -0.15) is 0 Å². The molecule has 1 atom stereocenters. The largest absolute Gasteiger partial charge is 0.507 e. The summed E-state index contributed by atoms with van der Waals surface area (Å²) in [5.74, 6) is -0.958. The number of aliphatic hydroxyl groups is 1. The number of methoxy groups -OCH3 is 1. The Bertz CT molecular complexity index is 1250. The van der Waals surface area contributed by atoms with E-state index < -0.39 is 17.7 Å².